The number of ether oxygens (including phenoxy) is 2. The van der Waals surface area contributed by atoms with Crippen LogP contribution in [0.25, 0.3) is 0 Å². The van der Waals surface area contributed by atoms with Crippen LogP contribution in [0.15, 0.2) is 12.7 Å². The van der Waals surface area contributed by atoms with Crippen LogP contribution in [-0.2, 0) is 9.47 Å². The van der Waals surface area contributed by atoms with E-state index in [4.69, 9.17) is 9.47 Å². The highest BCUT2D eigenvalue weighted by Crippen LogP contribution is 2.41. The molecule has 0 spiro atoms. The maximum atomic E-state index is 6.30. The molecule has 0 saturated carbocycles. The molecule has 0 aromatic carbocycles. The summed E-state index contributed by atoms with van der Waals surface area (Å²) in [4.78, 5) is 0. The molecule has 2 saturated heterocycles. The van der Waals surface area contributed by atoms with E-state index in [1.807, 2.05) is 6.08 Å². The minimum atomic E-state index is 0.0667. The summed E-state index contributed by atoms with van der Waals surface area (Å²) < 4.78 is 12.4. The summed E-state index contributed by atoms with van der Waals surface area (Å²) in [6.45, 7) is 12.9. The lowest BCUT2D eigenvalue weighted by molar-refractivity contribution is -0.0512. The Kier molecular flexibility index (Phi) is 4.73. The summed E-state index contributed by atoms with van der Waals surface area (Å²) in [5.41, 5.74) is 0.0667. The molecule has 2 aliphatic rings. The third kappa shape index (κ3) is 3.41. The second-order valence-corrected chi connectivity index (χ2v) is 6.94. The Labute approximate surface area is 118 Å². The molecule has 0 bridgehead atoms. The zero-order valence-electron chi connectivity index (χ0n) is 13.0. The van der Waals surface area contributed by atoms with Crippen molar-refractivity contribution >= 4 is 0 Å². The van der Waals surface area contributed by atoms with E-state index >= 15 is 0 Å². The molecule has 2 rings (SSSR count). The Morgan fingerprint density at radius 1 is 1.32 bits per heavy atom. The third-order valence-corrected chi connectivity index (χ3v) is 5.01. The maximum absolute atomic E-state index is 6.30. The first-order valence-electron chi connectivity index (χ1n) is 7.91. The Balaban J connectivity index is 1.92. The van der Waals surface area contributed by atoms with Gasteiger partial charge in [0.25, 0.3) is 0 Å². The van der Waals surface area contributed by atoms with Gasteiger partial charge in [0, 0.05) is 6.42 Å². The highest BCUT2D eigenvalue weighted by molar-refractivity contribution is 4.93. The predicted molar refractivity (Wildman–Crippen MR) is 79.2 cm³/mol. The molecule has 2 aliphatic heterocycles. The Hall–Kier alpha value is -0.340. The van der Waals surface area contributed by atoms with Crippen molar-refractivity contribution in [3.05, 3.63) is 12.7 Å². The van der Waals surface area contributed by atoms with E-state index in [1.54, 1.807) is 0 Å². The van der Waals surface area contributed by atoms with Crippen molar-refractivity contribution in [3.63, 3.8) is 0 Å². The molecule has 0 radical (unpaired) electrons. The standard InChI is InChI=1S/C17H30O2/c1-6-8-15-14(7-2)12(3)16(18-15)11-13-9-10-17(4,5)19-13/h6,12-16H,1,7-11H2,2-5H3/t12-,13-,14-,15+,16-/m1/s1. The molecule has 2 heterocycles. The average molecular weight is 266 g/mol. The van der Waals surface area contributed by atoms with Crippen LogP contribution in [0.5, 0.6) is 0 Å². The van der Waals surface area contributed by atoms with Crippen molar-refractivity contribution in [2.45, 2.75) is 83.7 Å². The van der Waals surface area contributed by atoms with Gasteiger partial charge in [0.2, 0.25) is 0 Å². The van der Waals surface area contributed by atoms with Gasteiger partial charge in [-0.2, -0.15) is 0 Å². The normalized spacial score (nSPS) is 41.6. The summed E-state index contributed by atoms with van der Waals surface area (Å²) in [6, 6.07) is 0. The van der Waals surface area contributed by atoms with Crippen LogP contribution in [0.1, 0.15) is 59.8 Å². The molecule has 2 fully saturated rings. The van der Waals surface area contributed by atoms with Gasteiger partial charge in [0.15, 0.2) is 0 Å². The van der Waals surface area contributed by atoms with E-state index in [9.17, 15) is 0 Å². The smallest absolute Gasteiger partial charge is 0.0644 e. The van der Waals surface area contributed by atoms with Crippen molar-refractivity contribution in [2.75, 3.05) is 0 Å². The van der Waals surface area contributed by atoms with Gasteiger partial charge in [-0.1, -0.05) is 26.3 Å². The van der Waals surface area contributed by atoms with Crippen LogP contribution in [0, 0.1) is 11.8 Å². The van der Waals surface area contributed by atoms with Crippen LogP contribution in [0.4, 0.5) is 0 Å². The van der Waals surface area contributed by atoms with E-state index < -0.39 is 0 Å². The lowest BCUT2D eigenvalue weighted by atomic mass is 9.84. The average Bonchev–Trinajstić information content (AvgIpc) is 2.82. The summed E-state index contributed by atoms with van der Waals surface area (Å²) in [6.07, 6.45) is 8.73. The molecule has 0 aliphatic carbocycles. The van der Waals surface area contributed by atoms with Crippen LogP contribution in [0.3, 0.4) is 0 Å². The van der Waals surface area contributed by atoms with Crippen molar-refractivity contribution in [1.82, 2.24) is 0 Å². The summed E-state index contributed by atoms with van der Waals surface area (Å²) >= 11 is 0. The van der Waals surface area contributed by atoms with Crippen molar-refractivity contribution in [2.24, 2.45) is 11.8 Å². The third-order valence-electron chi connectivity index (χ3n) is 5.01. The summed E-state index contributed by atoms with van der Waals surface area (Å²) in [5, 5.41) is 0. The SMILES string of the molecule is C=CC[C@@H]1O[C@H](C[C@H]2CCC(C)(C)O2)[C@H](C)[C@H]1CC. The zero-order chi connectivity index (χ0) is 14.0. The monoisotopic (exact) mass is 266 g/mol. The number of hydrogen-bond acceptors (Lipinski definition) is 2. The Morgan fingerprint density at radius 3 is 2.58 bits per heavy atom. The highest BCUT2D eigenvalue weighted by Gasteiger charge is 2.42. The fourth-order valence-corrected chi connectivity index (χ4v) is 3.87. The lowest BCUT2D eigenvalue weighted by Gasteiger charge is -2.23. The van der Waals surface area contributed by atoms with Gasteiger partial charge < -0.3 is 9.47 Å². The van der Waals surface area contributed by atoms with E-state index in [0.717, 1.165) is 12.8 Å². The molecule has 110 valence electrons. The maximum Gasteiger partial charge on any atom is 0.0644 e. The second-order valence-electron chi connectivity index (χ2n) is 6.94. The van der Waals surface area contributed by atoms with Crippen LogP contribution >= 0.6 is 0 Å². The molecular weight excluding hydrogens is 236 g/mol. The summed E-state index contributed by atoms with van der Waals surface area (Å²) in [5.74, 6) is 1.32. The first-order valence-corrected chi connectivity index (χ1v) is 7.91. The molecule has 0 N–H and O–H groups in total. The van der Waals surface area contributed by atoms with E-state index in [1.165, 1.54) is 19.3 Å². The van der Waals surface area contributed by atoms with Crippen LogP contribution in [-0.4, -0.2) is 23.9 Å². The Bertz CT molecular complexity index is 310. The van der Waals surface area contributed by atoms with Gasteiger partial charge >= 0.3 is 0 Å². The van der Waals surface area contributed by atoms with Gasteiger partial charge in [-0.15, -0.1) is 6.58 Å². The molecule has 0 aromatic heterocycles. The fourth-order valence-electron chi connectivity index (χ4n) is 3.87. The van der Waals surface area contributed by atoms with E-state index in [-0.39, 0.29) is 5.60 Å². The quantitative estimate of drug-likeness (QED) is 0.689. The zero-order valence-corrected chi connectivity index (χ0v) is 13.0. The van der Waals surface area contributed by atoms with Crippen molar-refractivity contribution in [1.29, 1.82) is 0 Å². The number of rotatable bonds is 5. The molecule has 0 amide bonds. The predicted octanol–water partition coefficient (Wildman–Crippen LogP) is 4.34. The van der Waals surface area contributed by atoms with Gasteiger partial charge in [-0.3, -0.25) is 0 Å². The van der Waals surface area contributed by atoms with Gasteiger partial charge in [-0.05, 0) is 44.9 Å². The summed E-state index contributed by atoms with van der Waals surface area (Å²) in [7, 11) is 0. The van der Waals surface area contributed by atoms with Gasteiger partial charge in [0.1, 0.15) is 0 Å². The molecule has 2 nitrogen and oxygen atoms in total. The second kappa shape index (κ2) is 5.97. The minimum absolute atomic E-state index is 0.0667. The fraction of sp³-hybridized carbons (Fsp3) is 0.882. The van der Waals surface area contributed by atoms with Crippen molar-refractivity contribution < 1.29 is 9.47 Å². The van der Waals surface area contributed by atoms with E-state index in [2.05, 4.69) is 34.3 Å². The first-order chi connectivity index (χ1) is 8.96. The largest absolute Gasteiger partial charge is 0.374 e. The first kappa shape index (κ1) is 15.1. The van der Waals surface area contributed by atoms with Crippen LogP contribution in [0.2, 0.25) is 0 Å². The highest BCUT2D eigenvalue weighted by atomic mass is 16.5. The molecule has 19 heavy (non-hydrogen) atoms. The molecule has 0 aromatic rings. The lowest BCUT2D eigenvalue weighted by Crippen LogP contribution is -2.26. The minimum Gasteiger partial charge on any atom is -0.374 e. The molecule has 5 atom stereocenters. The van der Waals surface area contributed by atoms with Crippen molar-refractivity contribution in [3.8, 4) is 0 Å². The van der Waals surface area contributed by atoms with Crippen LogP contribution < -0.4 is 0 Å². The Morgan fingerprint density at radius 2 is 2.05 bits per heavy atom. The topological polar surface area (TPSA) is 18.5 Å². The molecular formula is C17H30O2. The van der Waals surface area contributed by atoms with Gasteiger partial charge in [0.05, 0.1) is 23.9 Å². The molecule has 2 heteroatoms. The number of hydrogen-bond donors (Lipinski definition) is 0. The molecule has 0 unspecified atom stereocenters. The van der Waals surface area contributed by atoms with E-state index in [0.29, 0.717) is 30.1 Å². The van der Waals surface area contributed by atoms with Gasteiger partial charge in [-0.25, -0.2) is 0 Å².